The average Bonchev–Trinajstić information content (AvgIpc) is 2.74. The van der Waals surface area contributed by atoms with Crippen molar-refractivity contribution in [2.24, 2.45) is 0 Å². The highest BCUT2D eigenvalue weighted by Gasteiger charge is 2.26. The molecule has 4 rings (SSSR count). The maximum absolute atomic E-state index is 14.6. The summed E-state index contributed by atoms with van der Waals surface area (Å²) in [7, 11) is 0. The van der Waals surface area contributed by atoms with Crippen molar-refractivity contribution in [3.8, 4) is 22.3 Å². The molecule has 0 atom stereocenters. The van der Waals surface area contributed by atoms with E-state index in [1.165, 1.54) is 0 Å². The van der Waals surface area contributed by atoms with E-state index in [-0.39, 0.29) is 11.1 Å². The molecule has 0 aromatic heterocycles. The summed E-state index contributed by atoms with van der Waals surface area (Å²) in [6, 6.07) is 20.8. The van der Waals surface area contributed by atoms with Gasteiger partial charge in [-0.15, -0.1) is 0 Å². The Bertz CT molecular complexity index is 1090. The van der Waals surface area contributed by atoms with E-state index in [2.05, 4.69) is 0 Å². The lowest BCUT2D eigenvalue weighted by atomic mass is 9.95. The third kappa shape index (κ3) is 3.62. The number of carbonyl (C=O) groups excluding carboxylic acids is 1. The summed E-state index contributed by atoms with van der Waals surface area (Å²) in [4.78, 5) is 12.7. The van der Waals surface area contributed by atoms with Gasteiger partial charge >= 0.3 is 0 Å². The van der Waals surface area contributed by atoms with Crippen LogP contribution >= 0.6 is 0 Å². The average molecular weight is 406 g/mol. The molecule has 0 N–H and O–H groups in total. The summed E-state index contributed by atoms with van der Waals surface area (Å²) in [5, 5.41) is 0. The molecule has 148 valence electrons. The first-order chi connectivity index (χ1) is 14.5. The zero-order valence-corrected chi connectivity index (χ0v) is 15.5. The predicted octanol–water partition coefficient (Wildman–Crippen LogP) is 6.81. The van der Waals surface area contributed by atoms with Gasteiger partial charge in [0.05, 0.1) is 11.1 Å². The normalized spacial score (nSPS) is 10.8. The number of rotatable bonds is 4. The third-order valence-electron chi connectivity index (χ3n) is 4.75. The van der Waals surface area contributed by atoms with E-state index in [4.69, 9.17) is 0 Å². The van der Waals surface area contributed by atoms with Crippen molar-refractivity contribution in [2.75, 3.05) is 0 Å². The maximum atomic E-state index is 14.6. The lowest BCUT2D eigenvalue weighted by Gasteiger charge is -2.11. The van der Waals surface area contributed by atoms with E-state index < -0.39 is 40.2 Å². The van der Waals surface area contributed by atoms with Gasteiger partial charge in [0.25, 0.3) is 0 Å². The molecule has 1 nitrogen and oxygen atoms in total. The van der Waals surface area contributed by atoms with Gasteiger partial charge in [0, 0.05) is 0 Å². The molecule has 0 aliphatic rings. The van der Waals surface area contributed by atoms with Crippen LogP contribution in [0.25, 0.3) is 22.3 Å². The smallest absolute Gasteiger partial charge is 0.204 e. The van der Waals surface area contributed by atoms with Gasteiger partial charge in [-0.05, 0) is 46.5 Å². The maximum Gasteiger partial charge on any atom is 0.204 e. The third-order valence-corrected chi connectivity index (χ3v) is 4.75. The zero-order valence-electron chi connectivity index (χ0n) is 15.5. The molecule has 0 fully saturated rings. The van der Waals surface area contributed by atoms with Crippen molar-refractivity contribution in [3.63, 3.8) is 0 Å². The largest absolute Gasteiger partial charge is 0.288 e. The van der Waals surface area contributed by atoms with Gasteiger partial charge in [-0.2, -0.15) is 0 Å². The van der Waals surface area contributed by atoms with Crippen molar-refractivity contribution < 1.29 is 22.4 Å². The number of benzene rings is 4. The molecule has 5 heteroatoms. The Hall–Kier alpha value is -3.73. The van der Waals surface area contributed by atoms with E-state index >= 15 is 0 Å². The van der Waals surface area contributed by atoms with Crippen LogP contribution in [-0.4, -0.2) is 5.78 Å². The summed E-state index contributed by atoms with van der Waals surface area (Å²) >= 11 is 0. The van der Waals surface area contributed by atoms with Crippen LogP contribution in [-0.2, 0) is 0 Å². The fraction of sp³-hybridized carbons (Fsp3) is 0. The van der Waals surface area contributed by atoms with Gasteiger partial charge in [-0.3, -0.25) is 4.79 Å². The quantitative estimate of drug-likeness (QED) is 0.269. The lowest BCUT2D eigenvalue weighted by molar-refractivity contribution is 0.102. The van der Waals surface area contributed by atoms with Gasteiger partial charge in [-0.1, -0.05) is 60.7 Å². The SMILES string of the molecule is O=C(c1c(F)cc(-c2ccccc2)cc1F)c1c(F)cc(-c2ccccc2)cc1F. The minimum Gasteiger partial charge on any atom is -0.288 e. The van der Waals surface area contributed by atoms with Crippen molar-refractivity contribution in [2.45, 2.75) is 0 Å². The van der Waals surface area contributed by atoms with E-state index in [1.54, 1.807) is 60.7 Å². The number of ketones is 1. The van der Waals surface area contributed by atoms with Crippen LogP contribution in [0.15, 0.2) is 84.9 Å². The Kier molecular flexibility index (Phi) is 5.19. The van der Waals surface area contributed by atoms with E-state index in [9.17, 15) is 22.4 Å². The number of carbonyl (C=O) groups is 1. The van der Waals surface area contributed by atoms with Gasteiger partial charge < -0.3 is 0 Å². The molecular weight excluding hydrogens is 392 g/mol. The van der Waals surface area contributed by atoms with Gasteiger partial charge in [0.2, 0.25) is 5.78 Å². The summed E-state index contributed by atoms with van der Waals surface area (Å²) in [6.07, 6.45) is 0. The molecular formula is C25H14F4O. The Morgan fingerprint density at radius 1 is 0.467 bits per heavy atom. The highest BCUT2D eigenvalue weighted by molar-refractivity contribution is 6.10. The highest BCUT2D eigenvalue weighted by atomic mass is 19.1. The van der Waals surface area contributed by atoms with Crippen molar-refractivity contribution >= 4 is 5.78 Å². The first kappa shape index (κ1) is 19.6. The van der Waals surface area contributed by atoms with Crippen molar-refractivity contribution in [1.29, 1.82) is 0 Å². The molecule has 0 aliphatic carbocycles. The minimum atomic E-state index is -1.39. The van der Waals surface area contributed by atoms with E-state index in [0.29, 0.717) is 11.1 Å². The molecule has 0 unspecified atom stereocenters. The second-order valence-corrected chi connectivity index (χ2v) is 6.69. The fourth-order valence-electron chi connectivity index (χ4n) is 3.30. The van der Waals surface area contributed by atoms with Gasteiger partial charge in [0.15, 0.2) is 0 Å². The van der Waals surface area contributed by atoms with Crippen molar-refractivity contribution in [3.05, 3.63) is 119 Å². The molecule has 0 heterocycles. The Balaban J connectivity index is 1.77. The molecule has 0 amide bonds. The van der Waals surface area contributed by atoms with E-state index in [0.717, 1.165) is 24.3 Å². The molecule has 0 saturated carbocycles. The second kappa shape index (κ2) is 7.95. The zero-order chi connectivity index (χ0) is 21.3. The molecule has 0 saturated heterocycles. The van der Waals surface area contributed by atoms with Crippen LogP contribution in [0.3, 0.4) is 0 Å². The monoisotopic (exact) mass is 406 g/mol. The fourth-order valence-corrected chi connectivity index (χ4v) is 3.30. The van der Waals surface area contributed by atoms with E-state index in [1.807, 2.05) is 0 Å². The Labute approximate surface area is 170 Å². The molecule has 0 aliphatic heterocycles. The van der Waals surface area contributed by atoms with Crippen LogP contribution in [0.2, 0.25) is 0 Å². The summed E-state index contributed by atoms with van der Waals surface area (Å²) in [5.41, 5.74) is -0.498. The molecule has 0 bridgehead atoms. The summed E-state index contributed by atoms with van der Waals surface area (Å²) < 4.78 is 58.5. The van der Waals surface area contributed by atoms with Crippen LogP contribution in [0.5, 0.6) is 0 Å². The molecule has 4 aromatic rings. The van der Waals surface area contributed by atoms with Gasteiger partial charge in [0.1, 0.15) is 23.3 Å². The summed E-state index contributed by atoms with van der Waals surface area (Å²) in [6.45, 7) is 0. The first-order valence-corrected chi connectivity index (χ1v) is 9.09. The Morgan fingerprint density at radius 2 is 0.767 bits per heavy atom. The number of halogens is 4. The topological polar surface area (TPSA) is 17.1 Å². The second-order valence-electron chi connectivity index (χ2n) is 6.69. The predicted molar refractivity (Wildman–Crippen MR) is 107 cm³/mol. The van der Waals surface area contributed by atoms with Crippen LogP contribution in [0.4, 0.5) is 17.6 Å². The van der Waals surface area contributed by atoms with Gasteiger partial charge in [-0.25, -0.2) is 17.6 Å². The lowest BCUT2D eigenvalue weighted by Crippen LogP contribution is -2.12. The summed E-state index contributed by atoms with van der Waals surface area (Å²) in [5.74, 6) is -6.15. The van der Waals surface area contributed by atoms with Crippen LogP contribution in [0.1, 0.15) is 15.9 Å². The molecule has 4 aromatic carbocycles. The first-order valence-electron chi connectivity index (χ1n) is 9.09. The highest BCUT2D eigenvalue weighted by Crippen LogP contribution is 2.29. The van der Waals surface area contributed by atoms with Crippen LogP contribution < -0.4 is 0 Å². The standard InChI is InChI=1S/C25H14F4O/c26-19-11-17(15-7-3-1-4-8-15)12-20(27)23(19)25(30)24-21(28)13-18(14-22(24)29)16-9-5-2-6-10-16/h1-14H. The number of hydrogen-bond donors (Lipinski definition) is 0. The Morgan fingerprint density at radius 3 is 1.07 bits per heavy atom. The van der Waals surface area contributed by atoms with Crippen molar-refractivity contribution in [1.82, 2.24) is 0 Å². The molecule has 0 spiro atoms. The minimum absolute atomic E-state index is 0.211. The number of hydrogen-bond acceptors (Lipinski definition) is 1. The van der Waals surface area contributed by atoms with Crippen LogP contribution in [0, 0.1) is 23.3 Å². The molecule has 30 heavy (non-hydrogen) atoms. The molecule has 0 radical (unpaired) electrons.